The van der Waals surface area contributed by atoms with Crippen LogP contribution >= 0.6 is 0 Å². The van der Waals surface area contributed by atoms with Crippen LogP contribution in [0.5, 0.6) is 5.75 Å². The summed E-state index contributed by atoms with van der Waals surface area (Å²) in [5.41, 5.74) is 0. The van der Waals surface area contributed by atoms with Gasteiger partial charge < -0.3 is 4.74 Å². The summed E-state index contributed by atoms with van der Waals surface area (Å²) in [4.78, 5) is 12.2. The highest BCUT2D eigenvalue weighted by Gasteiger charge is 2.46. The fourth-order valence-electron chi connectivity index (χ4n) is 4.41. The summed E-state index contributed by atoms with van der Waals surface area (Å²) >= 11 is 0. The van der Waals surface area contributed by atoms with Crippen LogP contribution in [0.15, 0.2) is 12.1 Å². The van der Waals surface area contributed by atoms with E-state index in [2.05, 4.69) is 6.92 Å². The second kappa shape index (κ2) is 9.23. The first-order valence-corrected chi connectivity index (χ1v) is 9.40. The van der Waals surface area contributed by atoms with Crippen molar-refractivity contribution in [3.8, 4) is 5.75 Å². The highest BCUT2D eigenvalue weighted by molar-refractivity contribution is 5.76. The van der Waals surface area contributed by atoms with Gasteiger partial charge in [-0.1, -0.05) is 27.2 Å². The Balaban J connectivity index is 0.00000280. The molecule has 7 heteroatoms. The quantitative estimate of drug-likeness (QED) is 0.241. The van der Waals surface area contributed by atoms with Gasteiger partial charge in [-0.2, -0.15) is 0 Å². The van der Waals surface area contributed by atoms with Gasteiger partial charge in [-0.3, -0.25) is 4.79 Å². The highest BCUT2D eigenvalue weighted by atomic mass is 19.2. The van der Waals surface area contributed by atoms with Crippen molar-refractivity contribution in [1.82, 2.24) is 0 Å². The van der Waals surface area contributed by atoms with E-state index in [1.54, 1.807) is 0 Å². The van der Waals surface area contributed by atoms with Crippen molar-refractivity contribution >= 4 is 5.97 Å². The summed E-state index contributed by atoms with van der Waals surface area (Å²) in [6.45, 7) is 2.17. The van der Waals surface area contributed by atoms with E-state index in [0.29, 0.717) is 18.1 Å². The molecule has 2 nitrogen and oxygen atoms in total. The van der Waals surface area contributed by atoms with Crippen molar-refractivity contribution in [2.45, 2.75) is 65.2 Å². The van der Waals surface area contributed by atoms with Crippen LogP contribution in [-0.2, 0) is 4.79 Å². The molecular formula is C21H31F5O2. The van der Waals surface area contributed by atoms with Crippen molar-refractivity contribution in [3.63, 3.8) is 0 Å². The van der Waals surface area contributed by atoms with Crippen LogP contribution < -0.4 is 4.74 Å². The monoisotopic (exact) mass is 410 g/mol. The van der Waals surface area contributed by atoms with E-state index in [-0.39, 0.29) is 35.0 Å². The van der Waals surface area contributed by atoms with E-state index in [9.17, 15) is 26.7 Å². The minimum atomic E-state index is -1.72. The summed E-state index contributed by atoms with van der Waals surface area (Å²) in [7, 11) is 0. The van der Waals surface area contributed by atoms with Crippen LogP contribution in [0.1, 0.15) is 55.7 Å². The third kappa shape index (κ3) is 4.84. The second-order valence-corrected chi connectivity index (χ2v) is 7.93. The Hall–Kier alpha value is -1.66. The molecular weight excluding hydrogens is 379 g/mol. The number of rotatable bonds is 3. The smallest absolute Gasteiger partial charge is 0.320 e. The molecule has 1 aromatic carbocycles. The number of hydrogen-bond donors (Lipinski definition) is 0. The first kappa shape index (κ1) is 22.6. The molecule has 0 aliphatic heterocycles. The van der Waals surface area contributed by atoms with Crippen LogP contribution in [0.25, 0.3) is 0 Å². The average molecular weight is 410 g/mol. The standard InChI is InChI=1S/C20H23F5O2.CH4.2H2/c1-10-2-4-11(5-3-10)12-6-14(21)18(15(22)7-12)20(26)27-13-8-16(23)19(25)17(24)9-13;;;/h8-12,14-15,18H,2-7H2,1H3;1H4;2*1H. The van der Waals surface area contributed by atoms with Gasteiger partial charge in [-0.15, -0.1) is 0 Å². The summed E-state index contributed by atoms with van der Waals surface area (Å²) < 4.78 is 73.3. The van der Waals surface area contributed by atoms with Crippen LogP contribution in [0.3, 0.4) is 0 Å². The van der Waals surface area contributed by atoms with Crippen molar-refractivity contribution in [2.75, 3.05) is 0 Å². The Morgan fingerprint density at radius 3 is 1.96 bits per heavy atom. The molecule has 1 aromatic rings. The topological polar surface area (TPSA) is 26.3 Å². The molecule has 0 radical (unpaired) electrons. The Labute approximate surface area is 165 Å². The van der Waals surface area contributed by atoms with Crippen LogP contribution in [0.2, 0.25) is 0 Å². The Morgan fingerprint density at radius 2 is 1.46 bits per heavy atom. The van der Waals surface area contributed by atoms with E-state index in [4.69, 9.17) is 4.74 Å². The maximum absolute atomic E-state index is 14.6. The van der Waals surface area contributed by atoms with E-state index in [1.165, 1.54) is 0 Å². The van der Waals surface area contributed by atoms with Gasteiger partial charge in [-0.25, -0.2) is 22.0 Å². The number of benzene rings is 1. The van der Waals surface area contributed by atoms with Gasteiger partial charge in [-0.05, 0) is 43.4 Å². The van der Waals surface area contributed by atoms with Gasteiger partial charge >= 0.3 is 5.97 Å². The fraction of sp³-hybridized carbons (Fsp3) is 0.667. The Bertz CT molecular complexity index is 663. The first-order chi connectivity index (χ1) is 12.8. The lowest BCUT2D eigenvalue weighted by Crippen LogP contribution is -2.44. The highest BCUT2D eigenvalue weighted by Crippen LogP contribution is 2.43. The van der Waals surface area contributed by atoms with Gasteiger partial charge in [0.15, 0.2) is 17.5 Å². The van der Waals surface area contributed by atoms with Crippen LogP contribution in [-0.4, -0.2) is 18.3 Å². The third-order valence-corrected chi connectivity index (χ3v) is 6.01. The van der Waals surface area contributed by atoms with E-state index in [0.717, 1.165) is 25.7 Å². The number of alkyl halides is 2. The maximum Gasteiger partial charge on any atom is 0.320 e. The molecule has 162 valence electrons. The summed E-state index contributed by atoms with van der Waals surface area (Å²) in [6, 6.07) is 0.956. The zero-order valence-corrected chi connectivity index (χ0v) is 15.1. The molecule has 2 unspecified atom stereocenters. The van der Waals surface area contributed by atoms with Gasteiger partial charge in [0.1, 0.15) is 24.0 Å². The zero-order chi connectivity index (χ0) is 19.7. The van der Waals surface area contributed by atoms with Gasteiger partial charge in [0.25, 0.3) is 0 Å². The molecule has 3 rings (SSSR count). The first-order valence-electron chi connectivity index (χ1n) is 9.40. The summed E-state index contributed by atoms with van der Waals surface area (Å²) in [6.07, 6.45) is 0.672. The fourth-order valence-corrected chi connectivity index (χ4v) is 4.41. The molecule has 0 aromatic heterocycles. The summed E-state index contributed by atoms with van der Waals surface area (Å²) in [5, 5.41) is 0. The molecule has 28 heavy (non-hydrogen) atoms. The van der Waals surface area contributed by atoms with E-state index in [1.807, 2.05) is 0 Å². The molecule has 0 N–H and O–H groups in total. The van der Waals surface area contributed by atoms with Gasteiger partial charge in [0, 0.05) is 15.0 Å². The Kier molecular flexibility index (Phi) is 7.46. The normalized spacial score (nSPS) is 33.1. The number of hydrogen-bond acceptors (Lipinski definition) is 2. The van der Waals surface area contributed by atoms with Crippen LogP contribution in [0, 0.1) is 41.1 Å². The Morgan fingerprint density at radius 1 is 0.964 bits per heavy atom. The van der Waals surface area contributed by atoms with Crippen molar-refractivity contribution < 1.29 is 34.3 Å². The maximum atomic E-state index is 14.6. The predicted octanol–water partition coefficient (Wildman–Crippen LogP) is 6.67. The molecule has 0 heterocycles. The molecule has 2 aliphatic carbocycles. The molecule has 0 spiro atoms. The predicted molar refractivity (Wildman–Crippen MR) is 100 cm³/mol. The van der Waals surface area contributed by atoms with Crippen molar-refractivity contribution in [3.05, 3.63) is 29.6 Å². The van der Waals surface area contributed by atoms with Crippen molar-refractivity contribution in [2.24, 2.45) is 23.7 Å². The van der Waals surface area contributed by atoms with Crippen LogP contribution in [0.4, 0.5) is 22.0 Å². The number of carbonyl (C=O) groups excluding carboxylic acids is 1. The molecule has 2 atom stereocenters. The third-order valence-electron chi connectivity index (χ3n) is 6.01. The second-order valence-electron chi connectivity index (χ2n) is 7.93. The SMILES string of the molecule is C.CC1CCC(C2CC(F)C(C(=O)Oc3cc(F)c(F)c(F)c3)C(F)C2)CC1.[HH].[HH]. The molecule has 0 saturated heterocycles. The molecule has 2 fully saturated rings. The summed E-state index contributed by atoms with van der Waals surface area (Å²) in [5.74, 6) is -7.49. The lowest BCUT2D eigenvalue weighted by molar-refractivity contribution is -0.147. The van der Waals surface area contributed by atoms with E-state index < -0.39 is 47.4 Å². The molecule has 2 aliphatic rings. The van der Waals surface area contributed by atoms with Gasteiger partial charge in [0.2, 0.25) is 0 Å². The lowest BCUT2D eigenvalue weighted by atomic mass is 9.68. The lowest BCUT2D eigenvalue weighted by Gasteiger charge is -2.39. The number of halogens is 5. The van der Waals surface area contributed by atoms with E-state index >= 15 is 0 Å². The number of ether oxygens (including phenoxy) is 1. The minimum absolute atomic E-state index is 0. The van der Waals surface area contributed by atoms with Crippen molar-refractivity contribution in [1.29, 1.82) is 0 Å². The molecule has 2 saturated carbocycles. The number of esters is 1. The average Bonchev–Trinajstić information content (AvgIpc) is 2.59. The molecule has 0 bridgehead atoms. The zero-order valence-electron chi connectivity index (χ0n) is 15.1. The number of carbonyl (C=O) groups is 1. The molecule has 0 amide bonds. The minimum Gasteiger partial charge on any atom is -0.426 e. The van der Waals surface area contributed by atoms with Gasteiger partial charge in [0.05, 0.1) is 0 Å². The largest absolute Gasteiger partial charge is 0.426 e.